The van der Waals surface area contributed by atoms with Crippen molar-refractivity contribution in [3.05, 3.63) is 57.6 Å². The topological polar surface area (TPSA) is 187 Å². The Bertz CT molecular complexity index is 1180. The summed E-state index contributed by atoms with van der Waals surface area (Å²) in [7, 11) is 1.89. The summed E-state index contributed by atoms with van der Waals surface area (Å²) in [5, 5.41) is 16.8. The fourth-order valence-electron chi connectivity index (χ4n) is 3.83. The van der Waals surface area contributed by atoms with Gasteiger partial charge in [0.15, 0.2) is 5.82 Å². The van der Waals surface area contributed by atoms with Crippen LogP contribution >= 0.6 is 0 Å². The highest BCUT2D eigenvalue weighted by Gasteiger charge is 2.44. The fourth-order valence-corrected chi connectivity index (χ4v) is 3.83. The number of nitrogens with one attached hydrogen (secondary N) is 4. The Kier molecular flexibility index (Phi) is 10.2. The molecule has 1 aliphatic carbocycles. The van der Waals surface area contributed by atoms with Crippen LogP contribution in [0.2, 0.25) is 0 Å². The van der Waals surface area contributed by atoms with Crippen molar-refractivity contribution < 1.29 is 32.7 Å². The van der Waals surface area contributed by atoms with Crippen molar-refractivity contribution >= 4 is 23.7 Å². The molecule has 0 saturated heterocycles. The number of nitrogens with zero attached hydrogens (tertiary/aromatic N) is 2. The second kappa shape index (κ2) is 12.9. The van der Waals surface area contributed by atoms with Crippen LogP contribution in [0.1, 0.15) is 36.2 Å². The molecule has 1 aliphatic rings. The highest BCUT2D eigenvalue weighted by Crippen LogP contribution is 2.46. The van der Waals surface area contributed by atoms with Gasteiger partial charge in [-0.1, -0.05) is 30.3 Å². The highest BCUT2D eigenvalue weighted by molar-refractivity contribution is 5.78. The summed E-state index contributed by atoms with van der Waals surface area (Å²) in [6, 6.07) is 10.1. The minimum Gasteiger partial charge on any atom is -0.475 e. The standard InChI is InChI=1S/C21H29N7O3.C2HF3O2/c1-14-16(13-17(29)24-11-12-31-27-20(22)23)26-18(19(30)25-14)28(2)21(9-6-10-21)15-7-4-3-5-8-15;3-2(4,5)1(6)7/h3-5,7-8H,6,9-13H2,1-2H3,(H,24,29)(H,25,30)(H4,22,23,27);(H,6,7). The molecule has 0 bridgehead atoms. The van der Waals surface area contributed by atoms with E-state index in [0.717, 1.165) is 24.8 Å². The average Bonchev–Trinajstić information content (AvgIpc) is 2.80. The minimum atomic E-state index is -5.08. The first-order valence-electron chi connectivity index (χ1n) is 11.5. The third-order valence-corrected chi connectivity index (χ3v) is 5.91. The van der Waals surface area contributed by atoms with Gasteiger partial charge in [0.05, 0.1) is 24.3 Å². The van der Waals surface area contributed by atoms with Crippen LogP contribution in [0, 0.1) is 12.3 Å². The first kappa shape index (κ1) is 30.1. The summed E-state index contributed by atoms with van der Waals surface area (Å²) in [6.07, 6.45) is -2.10. The van der Waals surface area contributed by atoms with Crippen molar-refractivity contribution in [2.45, 2.75) is 44.3 Å². The van der Waals surface area contributed by atoms with Gasteiger partial charge in [-0.3, -0.25) is 19.8 Å². The second-order valence-electron chi connectivity index (χ2n) is 8.47. The Hall–Kier alpha value is -4.14. The maximum atomic E-state index is 12.7. The second-order valence-corrected chi connectivity index (χ2v) is 8.47. The molecule has 0 atom stereocenters. The normalized spacial score (nSPS) is 13.8. The van der Waals surface area contributed by atoms with Crippen molar-refractivity contribution in [2.24, 2.45) is 5.73 Å². The van der Waals surface area contributed by atoms with Crippen LogP contribution in [0.5, 0.6) is 0 Å². The molecule has 0 unspecified atom stereocenters. The smallest absolute Gasteiger partial charge is 0.475 e. The number of anilines is 1. The van der Waals surface area contributed by atoms with E-state index in [1.54, 1.807) is 6.92 Å². The number of aliphatic carboxylic acids is 1. The summed E-state index contributed by atoms with van der Waals surface area (Å²) >= 11 is 0. The lowest BCUT2D eigenvalue weighted by Gasteiger charge is -2.49. The lowest BCUT2D eigenvalue weighted by molar-refractivity contribution is -0.192. The molecule has 1 amide bonds. The van der Waals surface area contributed by atoms with Crippen LogP contribution in [0.4, 0.5) is 19.0 Å². The Morgan fingerprint density at radius 2 is 1.89 bits per heavy atom. The van der Waals surface area contributed by atoms with Crippen LogP contribution in [0.15, 0.2) is 35.1 Å². The zero-order chi connectivity index (χ0) is 28.5. The van der Waals surface area contributed by atoms with Crippen molar-refractivity contribution in [2.75, 3.05) is 25.1 Å². The third kappa shape index (κ3) is 7.93. The fraction of sp³-hybridized carbons (Fsp3) is 0.435. The zero-order valence-electron chi connectivity index (χ0n) is 20.8. The Morgan fingerprint density at radius 3 is 2.39 bits per heavy atom. The number of alkyl halides is 3. The predicted molar refractivity (Wildman–Crippen MR) is 131 cm³/mol. The number of benzene rings is 1. The van der Waals surface area contributed by atoms with Gasteiger partial charge in [-0.05, 0) is 31.7 Å². The Morgan fingerprint density at radius 1 is 1.29 bits per heavy atom. The average molecular weight is 542 g/mol. The number of aromatic nitrogens is 2. The van der Waals surface area contributed by atoms with E-state index < -0.39 is 12.1 Å². The Balaban J connectivity index is 0.000000638. The summed E-state index contributed by atoms with van der Waals surface area (Å²) < 4.78 is 31.7. The number of aromatic amines is 1. The molecule has 1 heterocycles. The molecule has 3 rings (SSSR count). The number of amides is 1. The monoisotopic (exact) mass is 541 g/mol. The van der Waals surface area contributed by atoms with Crippen molar-refractivity contribution in [1.82, 2.24) is 20.8 Å². The van der Waals surface area contributed by atoms with Crippen LogP contribution in [0.25, 0.3) is 0 Å². The summed E-state index contributed by atoms with van der Waals surface area (Å²) in [5.74, 6) is -3.00. The van der Waals surface area contributed by atoms with Gasteiger partial charge < -0.3 is 26.0 Å². The number of carbonyl (C=O) groups is 2. The molecule has 1 aromatic heterocycles. The SMILES string of the molecule is Cc1[nH]c(=O)c(N(C)C2(c3ccccc3)CCC2)nc1CC(=O)NCCONC(=N)N.O=C(O)C(F)(F)F. The molecule has 38 heavy (non-hydrogen) atoms. The number of carboxylic acids is 1. The molecule has 1 aromatic carbocycles. The summed E-state index contributed by atoms with van der Waals surface area (Å²) in [4.78, 5) is 48.2. The van der Waals surface area contributed by atoms with Crippen LogP contribution in [-0.4, -0.2) is 59.3 Å². The van der Waals surface area contributed by atoms with Gasteiger partial charge in [0.25, 0.3) is 5.56 Å². The molecule has 15 heteroatoms. The van der Waals surface area contributed by atoms with E-state index in [1.807, 2.05) is 30.1 Å². The van der Waals surface area contributed by atoms with E-state index in [9.17, 15) is 22.8 Å². The van der Waals surface area contributed by atoms with Gasteiger partial charge >= 0.3 is 12.1 Å². The van der Waals surface area contributed by atoms with E-state index in [-0.39, 0.29) is 42.5 Å². The third-order valence-electron chi connectivity index (χ3n) is 5.91. The molecule has 1 saturated carbocycles. The molecule has 7 N–H and O–H groups in total. The molecule has 0 spiro atoms. The zero-order valence-corrected chi connectivity index (χ0v) is 20.8. The van der Waals surface area contributed by atoms with Gasteiger partial charge in [0.2, 0.25) is 11.9 Å². The van der Waals surface area contributed by atoms with Crippen molar-refractivity contribution in [3.8, 4) is 0 Å². The number of aryl methyl sites for hydroxylation is 1. The molecule has 208 valence electrons. The number of carboxylic acid groups (broad SMARTS) is 1. The first-order chi connectivity index (χ1) is 17.8. The molecule has 2 aromatic rings. The van der Waals surface area contributed by atoms with Gasteiger partial charge in [-0.25, -0.2) is 15.3 Å². The molecular formula is C23H30F3N7O5. The summed E-state index contributed by atoms with van der Waals surface area (Å²) in [5.41, 5.74) is 9.00. The van der Waals surface area contributed by atoms with E-state index in [4.69, 9.17) is 25.9 Å². The molecule has 0 aliphatic heterocycles. The molecule has 0 radical (unpaired) electrons. The van der Waals surface area contributed by atoms with Crippen LogP contribution in [0.3, 0.4) is 0 Å². The van der Waals surface area contributed by atoms with Crippen LogP contribution < -0.4 is 27.0 Å². The van der Waals surface area contributed by atoms with E-state index in [0.29, 0.717) is 17.2 Å². The van der Waals surface area contributed by atoms with Gasteiger partial charge in [-0.2, -0.15) is 13.2 Å². The quantitative estimate of drug-likeness (QED) is 0.118. The number of nitrogens with two attached hydrogens (primary N) is 1. The van der Waals surface area contributed by atoms with Crippen molar-refractivity contribution in [3.63, 3.8) is 0 Å². The maximum absolute atomic E-state index is 12.7. The number of H-pyrrole nitrogens is 1. The van der Waals surface area contributed by atoms with Crippen LogP contribution in [-0.2, 0) is 26.4 Å². The van der Waals surface area contributed by atoms with Gasteiger partial charge in [0, 0.05) is 19.3 Å². The number of rotatable bonds is 9. The number of hydrogen-bond acceptors (Lipinski definition) is 7. The van der Waals surface area contributed by atoms with E-state index in [2.05, 4.69) is 32.9 Å². The first-order valence-corrected chi connectivity index (χ1v) is 11.5. The van der Waals surface area contributed by atoms with Crippen molar-refractivity contribution in [1.29, 1.82) is 5.41 Å². The van der Waals surface area contributed by atoms with E-state index in [1.165, 1.54) is 0 Å². The highest BCUT2D eigenvalue weighted by atomic mass is 19.4. The Labute approximate surface area is 215 Å². The number of hydroxylamine groups is 1. The molecule has 12 nitrogen and oxygen atoms in total. The number of hydrogen-bond donors (Lipinski definition) is 6. The number of guanidine groups is 1. The minimum absolute atomic E-state index is 0.0297. The predicted octanol–water partition coefficient (Wildman–Crippen LogP) is 1.30. The lowest BCUT2D eigenvalue weighted by Crippen LogP contribution is -2.51. The van der Waals surface area contributed by atoms with E-state index >= 15 is 0 Å². The van der Waals surface area contributed by atoms with Gasteiger partial charge in [-0.15, -0.1) is 0 Å². The number of halogens is 3. The largest absolute Gasteiger partial charge is 0.490 e. The maximum Gasteiger partial charge on any atom is 0.490 e. The van der Waals surface area contributed by atoms with Gasteiger partial charge in [0.1, 0.15) is 0 Å². The summed E-state index contributed by atoms with van der Waals surface area (Å²) in [6.45, 7) is 2.12. The molecular weight excluding hydrogens is 511 g/mol. The lowest BCUT2D eigenvalue weighted by atomic mass is 9.70. The molecule has 1 fully saturated rings. The number of carbonyl (C=O) groups excluding carboxylic acids is 1.